The number of hydrogen-bond acceptors (Lipinski definition) is 6. The summed E-state index contributed by atoms with van der Waals surface area (Å²) in [6.07, 6.45) is 8.21. The van der Waals surface area contributed by atoms with Gasteiger partial charge in [-0.2, -0.15) is 0 Å². The SMILES string of the molecule is CCC(C)(C)C(=O)OCC(=O)OCC(=O)OC(CC1CCCCC1)CC(C)(C)C. The van der Waals surface area contributed by atoms with Crippen molar-refractivity contribution in [2.24, 2.45) is 16.7 Å². The fourth-order valence-electron chi connectivity index (χ4n) is 3.52. The number of rotatable bonds is 10. The average molecular weight is 413 g/mol. The molecule has 0 spiro atoms. The maximum Gasteiger partial charge on any atom is 0.344 e. The summed E-state index contributed by atoms with van der Waals surface area (Å²) < 4.78 is 15.6. The third-order valence-electron chi connectivity index (χ3n) is 5.57. The molecule has 1 saturated carbocycles. The topological polar surface area (TPSA) is 78.9 Å². The van der Waals surface area contributed by atoms with Crippen LogP contribution in [0.1, 0.15) is 92.9 Å². The molecule has 0 aliphatic heterocycles. The van der Waals surface area contributed by atoms with E-state index in [9.17, 15) is 14.4 Å². The molecule has 6 heteroatoms. The van der Waals surface area contributed by atoms with Gasteiger partial charge in [-0.25, -0.2) is 9.59 Å². The van der Waals surface area contributed by atoms with E-state index in [1.807, 2.05) is 6.92 Å². The predicted molar refractivity (Wildman–Crippen MR) is 111 cm³/mol. The molecule has 0 heterocycles. The van der Waals surface area contributed by atoms with Crippen molar-refractivity contribution in [1.29, 1.82) is 0 Å². The Hall–Kier alpha value is -1.59. The molecule has 168 valence electrons. The average Bonchev–Trinajstić information content (AvgIpc) is 2.63. The van der Waals surface area contributed by atoms with Gasteiger partial charge in [0.25, 0.3) is 0 Å². The van der Waals surface area contributed by atoms with Crippen LogP contribution in [0.4, 0.5) is 0 Å². The van der Waals surface area contributed by atoms with Crippen LogP contribution in [-0.4, -0.2) is 37.2 Å². The van der Waals surface area contributed by atoms with Gasteiger partial charge in [0.1, 0.15) is 6.10 Å². The van der Waals surface area contributed by atoms with Crippen LogP contribution in [0.25, 0.3) is 0 Å². The van der Waals surface area contributed by atoms with Crippen LogP contribution in [0.2, 0.25) is 0 Å². The highest BCUT2D eigenvalue weighted by Crippen LogP contribution is 2.32. The smallest absolute Gasteiger partial charge is 0.344 e. The number of hydrogen-bond donors (Lipinski definition) is 0. The van der Waals surface area contributed by atoms with Gasteiger partial charge in [-0.15, -0.1) is 0 Å². The molecule has 1 atom stereocenters. The molecular weight excluding hydrogens is 372 g/mol. The van der Waals surface area contributed by atoms with Crippen molar-refractivity contribution in [3.05, 3.63) is 0 Å². The van der Waals surface area contributed by atoms with Gasteiger partial charge in [0, 0.05) is 0 Å². The highest BCUT2D eigenvalue weighted by molar-refractivity contribution is 5.81. The molecule has 0 aromatic heterocycles. The fraction of sp³-hybridized carbons (Fsp3) is 0.870. The van der Waals surface area contributed by atoms with E-state index in [-0.39, 0.29) is 11.5 Å². The summed E-state index contributed by atoms with van der Waals surface area (Å²) in [6, 6.07) is 0. The van der Waals surface area contributed by atoms with Gasteiger partial charge in [-0.3, -0.25) is 4.79 Å². The van der Waals surface area contributed by atoms with Gasteiger partial charge in [-0.1, -0.05) is 59.8 Å². The standard InChI is InChI=1S/C23H40O6/c1-7-23(5,6)21(26)28-15-19(24)27-16-20(25)29-18(14-22(2,3)4)13-17-11-9-8-10-12-17/h17-18H,7-16H2,1-6H3. The molecule has 1 aliphatic rings. The first kappa shape index (κ1) is 25.4. The minimum atomic E-state index is -0.748. The van der Waals surface area contributed by atoms with Crippen molar-refractivity contribution in [1.82, 2.24) is 0 Å². The summed E-state index contributed by atoms with van der Waals surface area (Å²) in [7, 11) is 0. The van der Waals surface area contributed by atoms with Crippen LogP contribution >= 0.6 is 0 Å². The van der Waals surface area contributed by atoms with Crippen molar-refractivity contribution in [2.45, 2.75) is 99.0 Å². The molecule has 0 bridgehead atoms. The third-order valence-corrected chi connectivity index (χ3v) is 5.57. The van der Waals surface area contributed by atoms with E-state index in [0.29, 0.717) is 12.3 Å². The Balaban J connectivity index is 2.44. The van der Waals surface area contributed by atoms with Crippen LogP contribution in [0.15, 0.2) is 0 Å². The van der Waals surface area contributed by atoms with E-state index in [2.05, 4.69) is 20.8 Å². The Morgan fingerprint density at radius 2 is 1.48 bits per heavy atom. The van der Waals surface area contributed by atoms with E-state index in [0.717, 1.165) is 12.8 Å². The molecule has 29 heavy (non-hydrogen) atoms. The summed E-state index contributed by atoms with van der Waals surface area (Å²) in [5, 5.41) is 0. The van der Waals surface area contributed by atoms with Crippen molar-refractivity contribution in [3.63, 3.8) is 0 Å². The van der Waals surface area contributed by atoms with Crippen LogP contribution in [0.3, 0.4) is 0 Å². The Labute approximate surface area is 176 Å². The summed E-state index contributed by atoms with van der Waals surface area (Å²) in [6.45, 7) is 10.8. The molecular formula is C23H40O6. The number of carbonyl (C=O) groups is 3. The van der Waals surface area contributed by atoms with Crippen LogP contribution in [-0.2, 0) is 28.6 Å². The quantitative estimate of drug-likeness (QED) is 0.378. The van der Waals surface area contributed by atoms with Crippen molar-refractivity contribution in [2.75, 3.05) is 13.2 Å². The fourth-order valence-corrected chi connectivity index (χ4v) is 3.52. The van der Waals surface area contributed by atoms with E-state index in [1.165, 1.54) is 32.1 Å². The normalized spacial score (nSPS) is 16.8. The second-order valence-corrected chi connectivity index (χ2v) is 10.1. The summed E-state index contributed by atoms with van der Waals surface area (Å²) in [5.41, 5.74) is -0.616. The second-order valence-electron chi connectivity index (χ2n) is 10.1. The molecule has 0 N–H and O–H groups in total. The van der Waals surface area contributed by atoms with Gasteiger partial charge < -0.3 is 14.2 Å². The minimum Gasteiger partial charge on any atom is -0.460 e. The second kappa shape index (κ2) is 11.6. The zero-order valence-electron chi connectivity index (χ0n) is 19.2. The monoisotopic (exact) mass is 412 g/mol. The van der Waals surface area contributed by atoms with Crippen molar-refractivity contribution < 1.29 is 28.6 Å². The molecule has 1 unspecified atom stereocenters. The maximum atomic E-state index is 12.2. The van der Waals surface area contributed by atoms with Gasteiger partial charge in [0.2, 0.25) is 0 Å². The Morgan fingerprint density at radius 1 is 0.897 bits per heavy atom. The van der Waals surface area contributed by atoms with Crippen molar-refractivity contribution in [3.8, 4) is 0 Å². The van der Waals surface area contributed by atoms with E-state index >= 15 is 0 Å². The van der Waals surface area contributed by atoms with E-state index in [1.54, 1.807) is 13.8 Å². The van der Waals surface area contributed by atoms with E-state index < -0.39 is 36.5 Å². The molecule has 1 aliphatic carbocycles. The first-order valence-corrected chi connectivity index (χ1v) is 11.0. The molecule has 0 saturated heterocycles. The lowest BCUT2D eigenvalue weighted by Gasteiger charge is -2.30. The van der Waals surface area contributed by atoms with Crippen LogP contribution in [0, 0.1) is 16.7 Å². The Kier molecular flexibility index (Phi) is 10.1. The molecule has 6 nitrogen and oxygen atoms in total. The van der Waals surface area contributed by atoms with Crippen LogP contribution < -0.4 is 0 Å². The summed E-state index contributed by atoms with van der Waals surface area (Å²) in [5.74, 6) is -1.17. The highest BCUT2D eigenvalue weighted by atomic mass is 16.6. The molecule has 1 rings (SSSR count). The maximum absolute atomic E-state index is 12.2. The summed E-state index contributed by atoms with van der Waals surface area (Å²) in [4.78, 5) is 35.9. The highest BCUT2D eigenvalue weighted by Gasteiger charge is 2.29. The molecule has 0 aromatic rings. The molecule has 1 fully saturated rings. The van der Waals surface area contributed by atoms with Crippen molar-refractivity contribution >= 4 is 17.9 Å². The van der Waals surface area contributed by atoms with Gasteiger partial charge in [0.15, 0.2) is 13.2 Å². The zero-order chi connectivity index (χ0) is 22.1. The Bertz CT molecular complexity index is 540. The van der Waals surface area contributed by atoms with Gasteiger partial charge >= 0.3 is 17.9 Å². The summed E-state index contributed by atoms with van der Waals surface area (Å²) >= 11 is 0. The third kappa shape index (κ3) is 10.7. The van der Waals surface area contributed by atoms with Gasteiger partial charge in [-0.05, 0) is 44.4 Å². The lowest BCUT2D eigenvalue weighted by atomic mass is 9.81. The number of esters is 3. The molecule has 0 amide bonds. The Morgan fingerprint density at radius 3 is 2.03 bits per heavy atom. The van der Waals surface area contributed by atoms with Crippen LogP contribution in [0.5, 0.6) is 0 Å². The first-order valence-electron chi connectivity index (χ1n) is 11.0. The number of carbonyl (C=O) groups excluding carboxylic acids is 3. The predicted octanol–water partition coefficient (Wildman–Crippen LogP) is 4.83. The lowest BCUT2D eigenvalue weighted by molar-refractivity contribution is -0.170. The molecule has 0 radical (unpaired) electrons. The first-order chi connectivity index (χ1) is 13.4. The minimum absolute atomic E-state index is 0.0383. The zero-order valence-corrected chi connectivity index (χ0v) is 19.2. The van der Waals surface area contributed by atoms with Gasteiger partial charge in [0.05, 0.1) is 5.41 Å². The molecule has 0 aromatic carbocycles. The van der Waals surface area contributed by atoms with E-state index in [4.69, 9.17) is 14.2 Å². The largest absolute Gasteiger partial charge is 0.460 e. The number of ether oxygens (including phenoxy) is 3. The lowest BCUT2D eigenvalue weighted by Crippen LogP contribution is -2.31.